The number of thiophene rings is 1. The molecule has 5 heteroatoms. The average Bonchev–Trinajstić information content (AvgIpc) is 2.89. The fraction of sp³-hybridized carbons (Fsp3) is 0.471. The van der Waals surface area contributed by atoms with Gasteiger partial charge in [-0.3, -0.25) is 14.8 Å². The fourth-order valence-electron chi connectivity index (χ4n) is 2.86. The number of nitrogens with zero attached hydrogens (tertiary/aromatic N) is 3. The maximum atomic E-state index is 4.22. The van der Waals surface area contributed by atoms with E-state index in [1.165, 1.54) is 34.2 Å². The molecule has 1 aliphatic rings. The number of aromatic nitrogens is 1. The number of pyridine rings is 1. The van der Waals surface area contributed by atoms with Gasteiger partial charge in [-0.05, 0) is 49.5 Å². The van der Waals surface area contributed by atoms with Crippen molar-refractivity contribution in [2.45, 2.75) is 23.7 Å². The first-order chi connectivity index (χ1) is 10.8. The Labute approximate surface area is 141 Å². The maximum Gasteiger partial charge on any atom is 0.0599 e. The Bertz CT molecular complexity index is 570. The Morgan fingerprint density at radius 2 is 1.91 bits per heavy atom. The van der Waals surface area contributed by atoms with Gasteiger partial charge in [0.15, 0.2) is 0 Å². The lowest BCUT2D eigenvalue weighted by Crippen LogP contribution is -2.30. The molecule has 1 aliphatic heterocycles. The third kappa shape index (κ3) is 4.56. The van der Waals surface area contributed by atoms with E-state index in [9.17, 15) is 0 Å². The van der Waals surface area contributed by atoms with Gasteiger partial charge >= 0.3 is 0 Å². The smallest absolute Gasteiger partial charge is 0.0599 e. The van der Waals surface area contributed by atoms with Crippen LogP contribution < -0.4 is 0 Å². The molecule has 22 heavy (non-hydrogen) atoms. The molecule has 2 aromatic heterocycles. The molecule has 0 saturated carbocycles. The highest BCUT2D eigenvalue weighted by Crippen LogP contribution is 2.26. The number of thioether (sulfide) groups is 1. The lowest BCUT2D eigenvalue weighted by Gasteiger charge is -2.21. The molecule has 3 heterocycles. The van der Waals surface area contributed by atoms with Crippen LogP contribution in [0.1, 0.15) is 16.9 Å². The van der Waals surface area contributed by atoms with Crippen molar-refractivity contribution in [2.24, 2.45) is 0 Å². The van der Waals surface area contributed by atoms with Crippen molar-refractivity contribution in [3.63, 3.8) is 0 Å². The Morgan fingerprint density at radius 3 is 2.59 bits per heavy atom. The van der Waals surface area contributed by atoms with Crippen LogP contribution in [0.15, 0.2) is 40.9 Å². The molecule has 1 saturated heterocycles. The van der Waals surface area contributed by atoms with Crippen LogP contribution in [0.3, 0.4) is 0 Å². The summed E-state index contributed by atoms with van der Waals surface area (Å²) in [5.74, 6) is 0. The molecule has 0 atom stereocenters. The second kappa shape index (κ2) is 8.11. The zero-order valence-electron chi connectivity index (χ0n) is 13.1. The molecule has 0 amide bonds. The van der Waals surface area contributed by atoms with Gasteiger partial charge in [0.1, 0.15) is 0 Å². The van der Waals surface area contributed by atoms with Gasteiger partial charge < -0.3 is 0 Å². The van der Waals surface area contributed by atoms with Crippen molar-refractivity contribution in [2.75, 3.05) is 32.4 Å². The molecule has 2 aromatic rings. The highest BCUT2D eigenvalue weighted by atomic mass is 32.2. The second-order valence-corrected chi connectivity index (χ2v) is 7.97. The molecule has 0 unspecified atom stereocenters. The molecule has 0 spiro atoms. The lowest BCUT2D eigenvalue weighted by atomic mass is 10.2. The minimum Gasteiger partial charge on any atom is -0.298 e. The molecule has 3 nitrogen and oxygen atoms in total. The predicted molar refractivity (Wildman–Crippen MR) is 95.5 cm³/mol. The first-order valence-corrected chi connectivity index (χ1v) is 9.84. The van der Waals surface area contributed by atoms with Crippen molar-refractivity contribution in [3.8, 4) is 0 Å². The Balaban J connectivity index is 1.51. The molecule has 0 aliphatic carbocycles. The van der Waals surface area contributed by atoms with Gasteiger partial charge in [-0.1, -0.05) is 6.07 Å². The van der Waals surface area contributed by atoms with Gasteiger partial charge in [0.25, 0.3) is 0 Å². The molecule has 118 valence electrons. The lowest BCUT2D eigenvalue weighted by molar-refractivity contribution is 0.248. The van der Waals surface area contributed by atoms with Crippen LogP contribution in [0, 0.1) is 0 Å². The second-order valence-electron chi connectivity index (χ2n) is 5.69. The molecular formula is C17H23N3S2. The highest BCUT2D eigenvalue weighted by Gasteiger charge is 2.15. The number of hydrogen-bond acceptors (Lipinski definition) is 5. The zero-order valence-corrected chi connectivity index (χ0v) is 14.7. The summed E-state index contributed by atoms with van der Waals surface area (Å²) in [6, 6.07) is 8.73. The van der Waals surface area contributed by atoms with Gasteiger partial charge in [-0.25, -0.2) is 0 Å². The topological polar surface area (TPSA) is 19.4 Å². The molecule has 0 bridgehead atoms. The summed E-state index contributed by atoms with van der Waals surface area (Å²) in [5, 5.41) is 0. The largest absolute Gasteiger partial charge is 0.298 e. The van der Waals surface area contributed by atoms with E-state index in [0.717, 1.165) is 26.2 Å². The van der Waals surface area contributed by atoms with Crippen LogP contribution in [-0.4, -0.2) is 47.2 Å². The van der Waals surface area contributed by atoms with Gasteiger partial charge in [0, 0.05) is 43.4 Å². The summed E-state index contributed by atoms with van der Waals surface area (Å²) in [6.45, 7) is 6.83. The van der Waals surface area contributed by atoms with E-state index in [1.54, 1.807) is 0 Å². The Kier molecular flexibility index (Phi) is 5.89. The van der Waals surface area contributed by atoms with Gasteiger partial charge in [-0.15, -0.1) is 23.1 Å². The van der Waals surface area contributed by atoms with Crippen LogP contribution >= 0.6 is 23.1 Å². The van der Waals surface area contributed by atoms with Crippen molar-refractivity contribution in [1.29, 1.82) is 0 Å². The Morgan fingerprint density at radius 1 is 1.09 bits per heavy atom. The van der Waals surface area contributed by atoms with Crippen LogP contribution in [0.25, 0.3) is 0 Å². The maximum absolute atomic E-state index is 4.22. The van der Waals surface area contributed by atoms with Crippen molar-refractivity contribution in [3.05, 3.63) is 47.1 Å². The van der Waals surface area contributed by atoms with Gasteiger partial charge in [-0.2, -0.15) is 0 Å². The normalized spacial score (nSPS) is 17.5. The quantitative estimate of drug-likeness (QED) is 0.779. The monoisotopic (exact) mass is 333 g/mol. The third-order valence-electron chi connectivity index (χ3n) is 4.03. The van der Waals surface area contributed by atoms with E-state index in [1.807, 2.05) is 41.6 Å². The molecule has 3 rings (SSSR count). The van der Waals surface area contributed by atoms with Crippen LogP contribution in [0.5, 0.6) is 0 Å². The molecule has 0 aromatic carbocycles. The highest BCUT2D eigenvalue weighted by molar-refractivity contribution is 8.00. The third-order valence-corrected chi connectivity index (χ3v) is 6.18. The van der Waals surface area contributed by atoms with E-state index in [2.05, 4.69) is 39.2 Å². The summed E-state index contributed by atoms with van der Waals surface area (Å²) in [4.78, 5) is 10.9. The van der Waals surface area contributed by atoms with E-state index in [4.69, 9.17) is 0 Å². The molecule has 0 N–H and O–H groups in total. The van der Waals surface area contributed by atoms with E-state index < -0.39 is 0 Å². The summed E-state index contributed by atoms with van der Waals surface area (Å²) in [6.07, 6.45) is 7.23. The van der Waals surface area contributed by atoms with Crippen molar-refractivity contribution < 1.29 is 0 Å². The summed E-state index contributed by atoms with van der Waals surface area (Å²) < 4.78 is 1.42. The van der Waals surface area contributed by atoms with Crippen molar-refractivity contribution in [1.82, 2.24) is 14.8 Å². The van der Waals surface area contributed by atoms with Crippen LogP contribution in [0.2, 0.25) is 0 Å². The number of rotatable bonds is 5. The van der Waals surface area contributed by atoms with E-state index in [-0.39, 0.29) is 0 Å². The molecular weight excluding hydrogens is 310 g/mol. The minimum absolute atomic E-state index is 1.03. The summed E-state index contributed by atoms with van der Waals surface area (Å²) >= 11 is 3.78. The Hall–Kier alpha value is -0.880. The van der Waals surface area contributed by atoms with Gasteiger partial charge in [0.05, 0.1) is 4.21 Å². The first kappa shape index (κ1) is 16.0. The first-order valence-electron chi connectivity index (χ1n) is 7.80. The van der Waals surface area contributed by atoms with E-state index in [0.29, 0.717) is 0 Å². The molecule has 0 radical (unpaired) electrons. The van der Waals surface area contributed by atoms with Gasteiger partial charge in [0.2, 0.25) is 0 Å². The van der Waals surface area contributed by atoms with E-state index >= 15 is 0 Å². The predicted octanol–water partition coefficient (Wildman–Crippen LogP) is 3.57. The zero-order chi connectivity index (χ0) is 15.2. The number of hydrogen-bond donors (Lipinski definition) is 0. The SMILES string of the molecule is CSc1ccc(CN2CCCN(Cc3cccnc3)CC2)s1. The minimum atomic E-state index is 1.03. The van der Waals surface area contributed by atoms with Crippen LogP contribution in [0.4, 0.5) is 0 Å². The van der Waals surface area contributed by atoms with Crippen molar-refractivity contribution >= 4 is 23.1 Å². The summed E-state index contributed by atoms with van der Waals surface area (Å²) in [7, 11) is 0. The fourth-order valence-corrected chi connectivity index (χ4v) is 4.50. The average molecular weight is 334 g/mol. The molecule has 1 fully saturated rings. The summed E-state index contributed by atoms with van der Waals surface area (Å²) in [5.41, 5.74) is 1.32. The standard InChI is InChI=1S/C17H23N3S2/c1-21-17-6-5-16(22-17)14-20-9-3-8-19(10-11-20)13-15-4-2-7-18-12-15/h2,4-7,12H,3,8-11,13-14H2,1H3. The van der Waals surface area contributed by atoms with Crippen LogP contribution in [-0.2, 0) is 13.1 Å².